The summed E-state index contributed by atoms with van der Waals surface area (Å²) in [7, 11) is 0. The number of carbonyl (C=O) groups excluding carboxylic acids is 1. The average Bonchev–Trinajstić information content (AvgIpc) is 2.28. The highest BCUT2D eigenvalue weighted by Gasteiger charge is 2.04. The molecule has 6 nitrogen and oxygen atoms in total. The van der Waals surface area contributed by atoms with E-state index in [0.717, 1.165) is 0 Å². The molecular weight excluding hydrogens is 212 g/mol. The largest absolute Gasteiger partial charge is 0.480 e. The Morgan fingerprint density at radius 2 is 2.19 bits per heavy atom. The molecule has 0 bridgehead atoms. The number of rotatable bonds is 5. The molecule has 1 aromatic rings. The molecule has 1 aromatic carbocycles. The van der Waals surface area contributed by atoms with E-state index in [9.17, 15) is 9.59 Å². The number of carboxylic acid groups (broad SMARTS) is 1. The molecule has 0 aliphatic rings. The molecular formula is C10H12N2O4. The van der Waals surface area contributed by atoms with Gasteiger partial charge in [-0.25, -0.2) is 10.6 Å². The lowest BCUT2D eigenvalue weighted by molar-refractivity contribution is -0.142. The minimum atomic E-state index is -1.03. The Morgan fingerprint density at radius 3 is 2.81 bits per heavy atom. The molecule has 16 heavy (non-hydrogen) atoms. The lowest BCUT2D eigenvalue weighted by atomic mass is 10.1. The van der Waals surface area contributed by atoms with E-state index in [4.69, 9.17) is 15.7 Å². The maximum atomic E-state index is 11.2. The number of hydrazine groups is 1. The normalized spacial score (nSPS) is 9.81. The predicted octanol–water partition coefficient (Wildman–Crippen LogP) is -0.109. The molecule has 0 fully saturated rings. The summed E-state index contributed by atoms with van der Waals surface area (Å²) in [6.45, 7) is -0.231. The van der Waals surface area contributed by atoms with Crippen molar-refractivity contribution in [3.8, 4) is 0 Å². The van der Waals surface area contributed by atoms with Crippen molar-refractivity contribution in [2.75, 3.05) is 6.61 Å². The fourth-order valence-corrected chi connectivity index (χ4v) is 1.14. The Labute approximate surface area is 92.0 Å². The Bertz CT molecular complexity index is 392. The van der Waals surface area contributed by atoms with Crippen LogP contribution in [0.25, 0.3) is 0 Å². The Balaban J connectivity index is 2.60. The van der Waals surface area contributed by atoms with Crippen molar-refractivity contribution in [3.63, 3.8) is 0 Å². The molecule has 0 unspecified atom stereocenters. The summed E-state index contributed by atoms with van der Waals surface area (Å²) in [5.74, 6) is 3.55. The molecule has 0 heterocycles. The van der Waals surface area contributed by atoms with E-state index in [2.05, 4.69) is 0 Å². The van der Waals surface area contributed by atoms with Crippen molar-refractivity contribution in [2.24, 2.45) is 5.84 Å². The third kappa shape index (κ3) is 3.68. The number of nitrogens with one attached hydrogen (secondary N) is 1. The van der Waals surface area contributed by atoms with Crippen molar-refractivity contribution in [2.45, 2.75) is 6.61 Å². The van der Waals surface area contributed by atoms with E-state index >= 15 is 0 Å². The van der Waals surface area contributed by atoms with Gasteiger partial charge in [-0.05, 0) is 17.7 Å². The standard InChI is InChI=1S/C10H12N2O4/c11-12-10(15)8-3-1-2-7(4-8)5-16-6-9(13)14/h1-4H,5-6,11H2,(H,12,15)(H,13,14). The highest BCUT2D eigenvalue weighted by molar-refractivity contribution is 5.93. The number of hydrogen-bond acceptors (Lipinski definition) is 4. The van der Waals surface area contributed by atoms with Crippen molar-refractivity contribution in [1.29, 1.82) is 0 Å². The highest BCUT2D eigenvalue weighted by Crippen LogP contribution is 2.06. The van der Waals surface area contributed by atoms with Crippen LogP contribution in [0, 0.1) is 0 Å². The summed E-state index contributed by atoms with van der Waals surface area (Å²) >= 11 is 0. The predicted molar refractivity (Wildman–Crippen MR) is 55.4 cm³/mol. The topological polar surface area (TPSA) is 102 Å². The van der Waals surface area contributed by atoms with Crippen LogP contribution in [-0.2, 0) is 16.1 Å². The molecule has 0 saturated carbocycles. The summed E-state index contributed by atoms with van der Waals surface area (Å²) in [5, 5.41) is 8.37. The van der Waals surface area contributed by atoms with Crippen LogP contribution in [0.1, 0.15) is 15.9 Å². The number of ether oxygens (including phenoxy) is 1. The van der Waals surface area contributed by atoms with Crippen LogP contribution in [-0.4, -0.2) is 23.6 Å². The van der Waals surface area contributed by atoms with Crippen LogP contribution >= 0.6 is 0 Å². The van der Waals surface area contributed by atoms with Gasteiger partial charge in [-0.15, -0.1) is 0 Å². The molecule has 0 aliphatic heterocycles. The van der Waals surface area contributed by atoms with Gasteiger partial charge in [-0.3, -0.25) is 10.2 Å². The zero-order chi connectivity index (χ0) is 12.0. The van der Waals surface area contributed by atoms with Gasteiger partial charge in [0.05, 0.1) is 6.61 Å². The molecule has 0 aliphatic carbocycles. The number of nitrogens with two attached hydrogens (primary N) is 1. The van der Waals surface area contributed by atoms with Crippen LogP contribution < -0.4 is 11.3 Å². The summed E-state index contributed by atoms with van der Waals surface area (Å²) in [6, 6.07) is 6.59. The summed E-state index contributed by atoms with van der Waals surface area (Å²) < 4.78 is 4.89. The van der Waals surface area contributed by atoms with Gasteiger partial charge in [0.25, 0.3) is 5.91 Å². The quantitative estimate of drug-likeness (QED) is 0.368. The first-order chi connectivity index (χ1) is 7.63. The molecule has 6 heteroatoms. The number of carboxylic acids is 1. The van der Waals surface area contributed by atoms with Gasteiger partial charge < -0.3 is 9.84 Å². The van der Waals surface area contributed by atoms with E-state index < -0.39 is 11.9 Å². The molecule has 86 valence electrons. The third-order valence-corrected chi connectivity index (χ3v) is 1.81. The molecule has 0 atom stereocenters. The SMILES string of the molecule is NNC(=O)c1cccc(COCC(=O)O)c1. The van der Waals surface area contributed by atoms with Crippen molar-refractivity contribution in [1.82, 2.24) is 5.43 Å². The average molecular weight is 224 g/mol. The second-order valence-corrected chi connectivity index (χ2v) is 3.06. The lowest BCUT2D eigenvalue weighted by Gasteiger charge is -2.04. The van der Waals surface area contributed by atoms with Gasteiger partial charge >= 0.3 is 5.97 Å². The molecule has 0 radical (unpaired) electrons. The molecule has 1 amide bonds. The number of nitrogen functional groups attached to an aromatic ring is 1. The number of hydrogen-bond donors (Lipinski definition) is 3. The maximum Gasteiger partial charge on any atom is 0.329 e. The zero-order valence-corrected chi connectivity index (χ0v) is 8.47. The van der Waals surface area contributed by atoms with Crippen molar-refractivity contribution in [3.05, 3.63) is 35.4 Å². The smallest absolute Gasteiger partial charge is 0.329 e. The van der Waals surface area contributed by atoms with Gasteiger partial charge in [-0.1, -0.05) is 12.1 Å². The van der Waals surface area contributed by atoms with Crippen LogP contribution in [0.5, 0.6) is 0 Å². The van der Waals surface area contributed by atoms with E-state index in [1.165, 1.54) is 0 Å². The van der Waals surface area contributed by atoms with Crippen LogP contribution in [0.2, 0.25) is 0 Å². The second-order valence-electron chi connectivity index (χ2n) is 3.06. The maximum absolute atomic E-state index is 11.2. The van der Waals surface area contributed by atoms with Crippen molar-refractivity contribution < 1.29 is 19.4 Å². The Morgan fingerprint density at radius 1 is 1.44 bits per heavy atom. The van der Waals surface area contributed by atoms with Crippen LogP contribution in [0.4, 0.5) is 0 Å². The molecule has 1 rings (SSSR count). The van der Waals surface area contributed by atoms with E-state index in [0.29, 0.717) is 11.1 Å². The van der Waals surface area contributed by atoms with E-state index in [-0.39, 0.29) is 13.2 Å². The van der Waals surface area contributed by atoms with E-state index in [1.807, 2.05) is 5.43 Å². The van der Waals surface area contributed by atoms with Crippen LogP contribution in [0.3, 0.4) is 0 Å². The third-order valence-electron chi connectivity index (χ3n) is 1.81. The fourth-order valence-electron chi connectivity index (χ4n) is 1.14. The monoisotopic (exact) mass is 224 g/mol. The molecule has 0 spiro atoms. The van der Waals surface area contributed by atoms with Gasteiger partial charge in [0.1, 0.15) is 6.61 Å². The van der Waals surface area contributed by atoms with Gasteiger partial charge in [-0.2, -0.15) is 0 Å². The summed E-state index contributed by atoms with van der Waals surface area (Å²) in [5.41, 5.74) is 3.12. The summed E-state index contributed by atoms with van der Waals surface area (Å²) in [4.78, 5) is 21.4. The first-order valence-corrected chi connectivity index (χ1v) is 4.53. The highest BCUT2D eigenvalue weighted by atomic mass is 16.5. The fraction of sp³-hybridized carbons (Fsp3) is 0.200. The van der Waals surface area contributed by atoms with Gasteiger partial charge in [0.2, 0.25) is 0 Å². The number of benzene rings is 1. The minimum absolute atomic E-state index is 0.137. The van der Waals surface area contributed by atoms with Gasteiger partial charge in [0.15, 0.2) is 0 Å². The lowest BCUT2D eigenvalue weighted by Crippen LogP contribution is -2.30. The summed E-state index contributed by atoms with van der Waals surface area (Å²) in [6.07, 6.45) is 0. The molecule has 0 aromatic heterocycles. The second kappa shape index (κ2) is 5.84. The Kier molecular flexibility index (Phi) is 4.43. The molecule has 4 N–H and O–H groups in total. The molecule has 0 saturated heterocycles. The Hall–Kier alpha value is -1.92. The zero-order valence-electron chi connectivity index (χ0n) is 8.47. The first-order valence-electron chi connectivity index (χ1n) is 4.53. The van der Waals surface area contributed by atoms with Gasteiger partial charge in [0, 0.05) is 5.56 Å². The van der Waals surface area contributed by atoms with Crippen LogP contribution in [0.15, 0.2) is 24.3 Å². The number of aliphatic carboxylic acids is 1. The minimum Gasteiger partial charge on any atom is -0.480 e. The van der Waals surface area contributed by atoms with E-state index in [1.54, 1.807) is 24.3 Å². The number of carbonyl (C=O) groups is 2. The first kappa shape index (κ1) is 12.2. The number of amides is 1. The van der Waals surface area contributed by atoms with Crippen molar-refractivity contribution >= 4 is 11.9 Å².